The molecule has 1 saturated heterocycles. The SMILES string of the molecule is CCC(C)C(OC)C(=O)Nc1ccc(C(=O)N2CCN(C)CC2)cc1. The van der Waals surface area contributed by atoms with E-state index in [1.54, 1.807) is 31.4 Å². The second kappa shape index (κ2) is 8.97. The van der Waals surface area contributed by atoms with Crippen LogP contribution in [0.15, 0.2) is 24.3 Å². The second-order valence-corrected chi connectivity index (χ2v) is 6.70. The molecule has 1 heterocycles. The van der Waals surface area contributed by atoms with Gasteiger partial charge in [0.2, 0.25) is 0 Å². The first-order valence-corrected chi connectivity index (χ1v) is 8.87. The highest BCUT2D eigenvalue weighted by Gasteiger charge is 2.24. The van der Waals surface area contributed by atoms with Crippen LogP contribution in [-0.4, -0.2) is 68.1 Å². The van der Waals surface area contributed by atoms with Crippen LogP contribution in [0, 0.1) is 5.92 Å². The molecule has 6 heteroatoms. The minimum Gasteiger partial charge on any atom is -0.371 e. The van der Waals surface area contributed by atoms with Crippen LogP contribution in [0.2, 0.25) is 0 Å². The van der Waals surface area contributed by atoms with Crippen LogP contribution in [0.3, 0.4) is 0 Å². The molecule has 1 N–H and O–H groups in total. The van der Waals surface area contributed by atoms with E-state index in [9.17, 15) is 9.59 Å². The van der Waals surface area contributed by atoms with E-state index in [0.29, 0.717) is 11.3 Å². The predicted molar refractivity (Wildman–Crippen MR) is 98.7 cm³/mol. The molecule has 0 bridgehead atoms. The number of hydrogen-bond acceptors (Lipinski definition) is 4. The third-order valence-corrected chi connectivity index (χ3v) is 4.86. The lowest BCUT2D eigenvalue weighted by molar-refractivity contribution is -0.128. The van der Waals surface area contributed by atoms with Crippen LogP contribution in [0.25, 0.3) is 0 Å². The standard InChI is InChI=1S/C19H29N3O3/c1-5-14(2)17(25-4)18(23)20-16-8-6-15(7-9-16)19(24)22-12-10-21(3)11-13-22/h6-9,14,17H,5,10-13H2,1-4H3,(H,20,23). The number of carbonyl (C=O) groups excluding carboxylic acids is 2. The smallest absolute Gasteiger partial charge is 0.253 e. The average molecular weight is 347 g/mol. The van der Waals surface area contributed by atoms with Gasteiger partial charge in [-0.1, -0.05) is 20.3 Å². The number of ether oxygens (including phenoxy) is 1. The summed E-state index contributed by atoms with van der Waals surface area (Å²) in [5.41, 5.74) is 1.32. The Morgan fingerprint density at radius 2 is 1.76 bits per heavy atom. The van der Waals surface area contributed by atoms with E-state index in [-0.39, 0.29) is 17.7 Å². The number of rotatable bonds is 6. The van der Waals surface area contributed by atoms with Gasteiger partial charge in [-0.2, -0.15) is 0 Å². The fraction of sp³-hybridized carbons (Fsp3) is 0.579. The number of amides is 2. The monoisotopic (exact) mass is 347 g/mol. The zero-order valence-corrected chi connectivity index (χ0v) is 15.6. The molecule has 2 rings (SSSR count). The third-order valence-electron chi connectivity index (χ3n) is 4.86. The summed E-state index contributed by atoms with van der Waals surface area (Å²) in [7, 11) is 3.61. The predicted octanol–water partition coefficient (Wildman–Crippen LogP) is 2.07. The summed E-state index contributed by atoms with van der Waals surface area (Å²) in [5, 5.41) is 2.86. The van der Waals surface area contributed by atoms with Gasteiger partial charge < -0.3 is 19.9 Å². The Hall–Kier alpha value is -1.92. The summed E-state index contributed by atoms with van der Waals surface area (Å²) < 4.78 is 5.31. The van der Waals surface area contributed by atoms with E-state index in [2.05, 4.69) is 17.3 Å². The van der Waals surface area contributed by atoms with Gasteiger partial charge in [0.05, 0.1) is 0 Å². The van der Waals surface area contributed by atoms with Gasteiger partial charge in [0.15, 0.2) is 0 Å². The van der Waals surface area contributed by atoms with E-state index in [1.165, 1.54) is 0 Å². The van der Waals surface area contributed by atoms with Crippen molar-refractivity contribution in [3.8, 4) is 0 Å². The molecule has 0 aliphatic carbocycles. The molecule has 1 aliphatic rings. The van der Waals surface area contributed by atoms with E-state index in [4.69, 9.17) is 4.74 Å². The molecule has 1 aromatic carbocycles. The highest BCUT2D eigenvalue weighted by Crippen LogP contribution is 2.16. The fourth-order valence-electron chi connectivity index (χ4n) is 2.91. The van der Waals surface area contributed by atoms with Gasteiger partial charge in [0.1, 0.15) is 6.10 Å². The summed E-state index contributed by atoms with van der Waals surface area (Å²) in [4.78, 5) is 28.9. The molecule has 2 atom stereocenters. The van der Waals surface area contributed by atoms with E-state index < -0.39 is 6.10 Å². The number of piperazine rings is 1. The summed E-state index contributed by atoms with van der Waals surface area (Å²) in [5.74, 6) is 0.0263. The molecule has 2 amide bonds. The number of likely N-dealkylation sites (N-methyl/N-ethyl adjacent to an activating group) is 1. The van der Waals surface area contributed by atoms with Gasteiger partial charge in [-0.25, -0.2) is 0 Å². The van der Waals surface area contributed by atoms with Crippen molar-refractivity contribution in [3.05, 3.63) is 29.8 Å². The minimum absolute atomic E-state index is 0.0420. The molecule has 138 valence electrons. The van der Waals surface area contributed by atoms with Crippen LogP contribution in [0.1, 0.15) is 30.6 Å². The number of benzene rings is 1. The Kier molecular flexibility index (Phi) is 6.96. The van der Waals surface area contributed by atoms with Crippen LogP contribution in [0.5, 0.6) is 0 Å². The minimum atomic E-state index is -0.475. The molecule has 1 aromatic rings. The van der Waals surface area contributed by atoms with E-state index in [0.717, 1.165) is 32.6 Å². The van der Waals surface area contributed by atoms with Gasteiger partial charge in [0.25, 0.3) is 11.8 Å². The lowest BCUT2D eigenvalue weighted by Gasteiger charge is -2.32. The van der Waals surface area contributed by atoms with Gasteiger partial charge in [-0.05, 0) is 37.2 Å². The van der Waals surface area contributed by atoms with Crippen molar-refractivity contribution in [2.75, 3.05) is 45.7 Å². The van der Waals surface area contributed by atoms with Crippen LogP contribution < -0.4 is 5.32 Å². The zero-order chi connectivity index (χ0) is 18.4. The lowest BCUT2D eigenvalue weighted by atomic mass is 10.0. The Bertz CT molecular complexity index is 580. The maximum Gasteiger partial charge on any atom is 0.253 e. The molecule has 1 fully saturated rings. The molecule has 25 heavy (non-hydrogen) atoms. The van der Waals surface area contributed by atoms with Gasteiger partial charge >= 0.3 is 0 Å². The van der Waals surface area contributed by atoms with Crippen molar-refractivity contribution >= 4 is 17.5 Å². The molecular formula is C19H29N3O3. The van der Waals surface area contributed by atoms with Crippen molar-refractivity contribution < 1.29 is 14.3 Å². The molecule has 0 spiro atoms. The first-order valence-electron chi connectivity index (χ1n) is 8.87. The summed E-state index contributed by atoms with van der Waals surface area (Å²) in [6.45, 7) is 7.31. The number of carbonyl (C=O) groups is 2. The number of nitrogens with zero attached hydrogens (tertiary/aromatic N) is 2. The largest absolute Gasteiger partial charge is 0.371 e. The van der Waals surface area contributed by atoms with Crippen molar-refractivity contribution in [1.82, 2.24) is 9.80 Å². The maximum atomic E-state index is 12.5. The number of anilines is 1. The normalized spacial score (nSPS) is 17.8. The van der Waals surface area contributed by atoms with E-state index in [1.807, 2.05) is 18.7 Å². The molecule has 0 radical (unpaired) electrons. The Morgan fingerprint density at radius 1 is 1.16 bits per heavy atom. The van der Waals surface area contributed by atoms with Crippen molar-refractivity contribution in [2.24, 2.45) is 5.92 Å². The maximum absolute atomic E-state index is 12.5. The highest BCUT2D eigenvalue weighted by atomic mass is 16.5. The molecule has 0 saturated carbocycles. The average Bonchev–Trinajstić information content (AvgIpc) is 2.62. The molecule has 6 nitrogen and oxygen atoms in total. The topological polar surface area (TPSA) is 61.9 Å². The third kappa shape index (κ3) is 5.03. The zero-order valence-electron chi connectivity index (χ0n) is 15.6. The Morgan fingerprint density at radius 3 is 2.28 bits per heavy atom. The number of nitrogens with one attached hydrogen (secondary N) is 1. The summed E-state index contributed by atoms with van der Waals surface area (Å²) >= 11 is 0. The second-order valence-electron chi connectivity index (χ2n) is 6.70. The fourth-order valence-corrected chi connectivity index (χ4v) is 2.91. The Labute approximate surface area is 150 Å². The summed E-state index contributed by atoms with van der Waals surface area (Å²) in [6.07, 6.45) is 0.390. The highest BCUT2D eigenvalue weighted by molar-refractivity contribution is 5.97. The van der Waals surface area contributed by atoms with Gasteiger partial charge in [0, 0.05) is 44.5 Å². The Balaban J connectivity index is 1.97. The quantitative estimate of drug-likeness (QED) is 0.856. The number of methoxy groups -OCH3 is 1. The molecule has 1 aliphatic heterocycles. The van der Waals surface area contributed by atoms with Crippen molar-refractivity contribution in [3.63, 3.8) is 0 Å². The molecule has 2 unspecified atom stereocenters. The first-order chi connectivity index (χ1) is 12.0. The van der Waals surface area contributed by atoms with E-state index >= 15 is 0 Å². The van der Waals surface area contributed by atoms with Gasteiger partial charge in [-0.3, -0.25) is 9.59 Å². The molecular weight excluding hydrogens is 318 g/mol. The van der Waals surface area contributed by atoms with Gasteiger partial charge in [-0.15, -0.1) is 0 Å². The van der Waals surface area contributed by atoms with Crippen molar-refractivity contribution in [2.45, 2.75) is 26.4 Å². The lowest BCUT2D eigenvalue weighted by Crippen LogP contribution is -2.47. The van der Waals surface area contributed by atoms with Crippen LogP contribution in [0.4, 0.5) is 5.69 Å². The van der Waals surface area contributed by atoms with Crippen molar-refractivity contribution in [1.29, 1.82) is 0 Å². The summed E-state index contributed by atoms with van der Waals surface area (Å²) in [6, 6.07) is 7.07. The van der Waals surface area contributed by atoms with Crippen LogP contribution in [-0.2, 0) is 9.53 Å². The number of hydrogen-bond donors (Lipinski definition) is 1. The van der Waals surface area contributed by atoms with Crippen LogP contribution >= 0.6 is 0 Å². The first kappa shape index (κ1) is 19.4. The molecule has 0 aromatic heterocycles.